The number of carboxylic acid groups (broad SMARTS) is 1. The Morgan fingerprint density at radius 1 is 1.29 bits per heavy atom. The third-order valence-corrected chi connectivity index (χ3v) is 4.18. The van der Waals surface area contributed by atoms with Crippen molar-refractivity contribution in [3.05, 3.63) is 64.1 Å². The van der Waals surface area contributed by atoms with Gasteiger partial charge in [-0.2, -0.15) is 0 Å². The zero-order chi connectivity index (χ0) is 17.1. The number of benzene rings is 1. The van der Waals surface area contributed by atoms with Gasteiger partial charge in [0, 0.05) is 29.5 Å². The standard InChI is InChI=1S/C16H12ClN3O3S/c1-10-18-19-16(23-10)24-14(15(21)22)9-13-3-2-8-20(13)12-6-4-11(17)5-7-12/h2-9H,1H3,(H,21,22)/b14-9-. The number of nitrogens with zero attached hydrogens (tertiary/aromatic N) is 3. The van der Waals surface area contributed by atoms with Crippen molar-refractivity contribution in [2.24, 2.45) is 0 Å². The van der Waals surface area contributed by atoms with Crippen LogP contribution in [-0.4, -0.2) is 25.8 Å². The van der Waals surface area contributed by atoms with Crippen LogP contribution in [0.3, 0.4) is 0 Å². The second-order valence-electron chi connectivity index (χ2n) is 4.78. The number of halogens is 1. The number of aromatic nitrogens is 3. The van der Waals surface area contributed by atoms with E-state index in [1.807, 2.05) is 35.0 Å². The summed E-state index contributed by atoms with van der Waals surface area (Å²) >= 11 is 6.81. The summed E-state index contributed by atoms with van der Waals surface area (Å²) in [5, 5.41) is 17.8. The van der Waals surface area contributed by atoms with Crippen molar-refractivity contribution in [3.8, 4) is 5.69 Å². The van der Waals surface area contributed by atoms with Gasteiger partial charge in [0.1, 0.15) is 4.91 Å². The number of aryl methyl sites for hydroxylation is 1. The zero-order valence-electron chi connectivity index (χ0n) is 12.5. The van der Waals surface area contributed by atoms with Crippen LogP contribution < -0.4 is 0 Å². The SMILES string of the molecule is Cc1nnc(S/C(=C\c2cccn2-c2ccc(Cl)cc2)C(=O)O)o1. The normalized spacial score (nSPS) is 11.7. The highest BCUT2D eigenvalue weighted by Gasteiger charge is 2.15. The first kappa shape index (κ1) is 16.4. The lowest BCUT2D eigenvalue weighted by Crippen LogP contribution is -1.99. The minimum atomic E-state index is -1.07. The molecule has 0 atom stereocenters. The van der Waals surface area contributed by atoms with Gasteiger partial charge in [-0.3, -0.25) is 0 Å². The summed E-state index contributed by atoms with van der Waals surface area (Å²) in [6.45, 7) is 1.65. The fourth-order valence-electron chi connectivity index (χ4n) is 2.03. The van der Waals surface area contributed by atoms with Crippen LogP contribution in [0.1, 0.15) is 11.6 Å². The molecule has 1 aromatic carbocycles. The molecule has 2 aromatic heterocycles. The molecule has 6 nitrogen and oxygen atoms in total. The lowest BCUT2D eigenvalue weighted by atomic mass is 10.3. The Morgan fingerprint density at radius 3 is 2.67 bits per heavy atom. The molecule has 0 amide bonds. The summed E-state index contributed by atoms with van der Waals surface area (Å²) < 4.78 is 7.09. The first-order valence-corrected chi connectivity index (χ1v) is 8.08. The van der Waals surface area contributed by atoms with Crippen LogP contribution in [0.2, 0.25) is 5.02 Å². The molecule has 0 bridgehead atoms. The van der Waals surface area contributed by atoms with Crippen LogP contribution in [0.5, 0.6) is 0 Å². The number of aliphatic carboxylic acids is 1. The molecule has 0 saturated carbocycles. The number of carboxylic acids is 1. The molecule has 3 rings (SSSR count). The third-order valence-electron chi connectivity index (χ3n) is 3.08. The largest absolute Gasteiger partial charge is 0.477 e. The number of carbonyl (C=O) groups is 1. The summed E-state index contributed by atoms with van der Waals surface area (Å²) in [5.74, 6) is -0.688. The van der Waals surface area contributed by atoms with Crippen molar-refractivity contribution in [3.63, 3.8) is 0 Å². The van der Waals surface area contributed by atoms with Gasteiger partial charge in [-0.15, -0.1) is 10.2 Å². The van der Waals surface area contributed by atoms with Crippen molar-refractivity contribution in [2.75, 3.05) is 0 Å². The van der Waals surface area contributed by atoms with Crippen molar-refractivity contribution in [1.29, 1.82) is 0 Å². The summed E-state index contributed by atoms with van der Waals surface area (Å²) in [5.41, 5.74) is 1.58. The average Bonchev–Trinajstić information content (AvgIpc) is 3.16. The van der Waals surface area contributed by atoms with Crippen LogP contribution >= 0.6 is 23.4 Å². The molecule has 24 heavy (non-hydrogen) atoms. The molecule has 122 valence electrons. The van der Waals surface area contributed by atoms with Crippen molar-refractivity contribution in [1.82, 2.24) is 14.8 Å². The number of thioether (sulfide) groups is 1. The number of rotatable bonds is 5. The maximum atomic E-state index is 11.5. The summed E-state index contributed by atoms with van der Waals surface area (Å²) in [7, 11) is 0. The lowest BCUT2D eigenvalue weighted by molar-refractivity contribution is -0.131. The van der Waals surface area contributed by atoms with Crippen molar-refractivity contribution in [2.45, 2.75) is 12.1 Å². The van der Waals surface area contributed by atoms with E-state index in [0.29, 0.717) is 16.6 Å². The van der Waals surface area contributed by atoms with Crippen LogP contribution in [0.25, 0.3) is 11.8 Å². The highest BCUT2D eigenvalue weighted by Crippen LogP contribution is 2.28. The number of hydrogen-bond acceptors (Lipinski definition) is 5. The van der Waals surface area contributed by atoms with Crippen LogP contribution in [-0.2, 0) is 4.79 Å². The summed E-state index contributed by atoms with van der Waals surface area (Å²) in [6.07, 6.45) is 3.40. The molecule has 0 aliphatic carbocycles. The van der Waals surface area contributed by atoms with E-state index in [-0.39, 0.29) is 10.1 Å². The lowest BCUT2D eigenvalue weighted by Gasteiger charge is -2.07. The third kappa shape index (κ3) is 3.69. The molecule has 0 unspecified atom stereocenters. The number of hydrogen-bond donors (Lipinski definition) is 1. The zero-order valence-corrected chi connectivity index (χ0v) is 14.1. The fraction of sp³-hybridized carbons (Fsp3) is 0.0625. The molecule has 8 heteroatoms. The smallest absolute Gasteiger partial charge is 0.342 e. The molecule has 0 fully saturated rings. The Labute approximate surface area is 146 Å². The second-order valence-corrected chi connectivity index (χ2v) is 6.21. The van der Waals surface area contributed by atoms with E-state index in [1.54, 1.807) is 25.1 Å². The van der Waals surface area contributed by atoms with E-state index in [2.05, 4.69) is 10.2 Å². The van der Waals surface area contributed by atoms with E-state index < -0.39 is 5.97 Å². The van der Waals surface area contributed by atoms with E-state index in [1.165, 1.54) is 0 Å². The van der Waals surface area contributed by atoms with Gasteiger partial charge in [0.05, 0.1) is 0 Å². The maximum Gasteiger partial charge on any atom is 0.342 e. The minimum Gasteiger partial charge on any atom is -0.477 e. The first-order chi connectivity index (χ1) is 11.5. The van der Waals surface area contributed by atoms with E-state index in [4.69, 9.17) is 16.0 Å². The van der Waals surface area contributed by atoms with Gasteiger partial charge >= 0.3 is 5.97 Å². The molecular formula is C16H12ClN3O3S. The summed E-state index contributed by atoms with van der Waals surface area (Å²) in [4.78, 5) is 11.6. The van der Waals surface area contributed by atoms with E-state index >= 15 is 0 Å². The van der Waals surface area contributed by atoms with E-state index in [0.717, 1.165) is 17.4 Å². The van der Waals surface area contributed by atoms with Gasteiger partial charge in [-0.05, 0) is 54.2 Å². The molecule has 3 aromatic rings. The topological polar surface area (TPSA) is 81.2 Å². The molecule has 2 heterocycles. The molecule has 0 saturated heterocycles. The van der Waals surface area contributed by atoms with Gasteiger partial charge in [0.15, 0.2) is 0 Å². The van der Waals surface area contributed by atoms with E-state index in [9.17, 15) is 9.90 Å². The van der Waals surface area contributed by atoms with Gasteiger partial charge in [-0.25, -0.2) is 4.79 Å². The van der Waals surface area contributed by atoms with Gasteiger partial charge in [0.25, 0.3) is 5.22 Å². The summed E-state index contributed by atoms with van der Waals surface area (Å²) in [6, 6.07) is 10.9. The molecule has 0 spiro atoms. The highest BCUT2D eigenvalue weighted by molar-refractivity contribution is 8.03. The molecule has 0 radical (unpaired) electrons. The van der Waals surface area contributed by atoms with Gasteiger partial charge < -0.3 is 14.1 Å². The highest BCUT2D eigenvalue weighted by atomic mass is 35.5. The Kier molecular flexibility index (Phi) is 4.73. The molecular weight excluding hydrogens is 350 g/mol. The second kappa shape index (κ2) is 6.94. The Bertz CT molecular complexity index is 899. The van der Waals surface area contributed by atoms with Crippen LogP contribution in [0.4, 0.5) is 0 Å². The monoisotopic (exact) mass is 361 g/mol. The predicted molar refractivity (Wildman–Crippen MR) is 91.3 cm³/mol. The Morgan fingerprint density at radius 2 is 2.04 bits per heavy atom. The van der Waals surface area contributed by atoms with Crippen LogP contribution in [0.15, 0.2) is 57.1 Å². The fourth-order valence-corrected chi connectivity index (χ4v) is 2.86. The van der Waals surface area contributed by atoms with Gasteiger partial charge in [0.2, 0.25) is 5.89 Å². The maximum absolute atomic E-state index is 11.5. The quantitative estimate of drug-likeness (QED) is 0.545. The van der Waals surface area contributed by atoms with Gasteiger partial charge in [-0.1, -0.05) is 11.6 Å². The van der Waals surface area contributed by atoms with Crippen molar-refractivity contribution < 1.29 is 14.3 Å². The van der Waals surface area contributed by atoms with Crippen LogP contribution in [0, 0.1) is 6.92 Å². The van der Waals surface area contributed by atoms with Crippen molar-refractivity contribution >= 4 is 35.4 Å². The molecule has 1 N–H and O–H groups in total. The Hall–Kier alpha value is -2.51. The molecule has 0 aliphatic rings. The first-order valence-electron chi connectivity index (χ1n) is 6.89. The Balaban J connectivity index is 1.95. The average molecular weight is 362 g/mol. The predicted octanol–water partition coefficient (Wildman–Crippen LogP) is 4.04. The molecule has 0 aliphatic heterocycles. The minimum absolute atomic E-state index is 0.0764.